The van der Waals surface area contributed by atoms with E-state index in [0.717, 1.165) is 6.61 Å². The topological polar surface area (TPSA) is 49.7 Å². The van der Waals surface area contributed by atoms with E-state index in [1.165, 1.54) is 0 Å². The van der Waals surface area contributed by atoms with Gasteiger partial charge in [-0.25, -0.2) is 0 Å². The van der Waals surface area contributed by atoms with Crippen LogP contribution in [0.1, 0.15) is 0 Å². The van der Waals surface area contributed by atoms with Gasteiger partial charge in [-0.05, 0) is 0 Å². The first-order valence-corrected chi connectivity index (χ1v) is 1.45. The highest BCUT2D eigenvalue weighted by molar-refractivity contribution is 4.39. The molecule has 0 bridgehead atoms. The SMILES string of the molecule is O[CH]CO[CH]O. The van der Waals surface area contributed by atoms with Gasteiger partial charge in [0.1, 0.15) is 6.61 Å². The van der Waals surface area contributed by atoms with Crippen molar-refractivity contribution >= 4 is 0 Å². The average molecular weight is 90.1 g/mol. The van der Waals surface area contributed by atoms with Crippen LogP contribution >= 0.6 is 0 Å². The summed E-state index contributed by atoms with van der Waals surface area (Å²) in [6, 6.07) is 0. The summed E-state index contributed by atoms with van der Waals surface area (Å²) in [4.78, 5) is 0. The molecule has 2 N–H and O–H groups in total. The highest BCUT2D eigenvalue weighted by Gasteiger charge is 1.76. The lowest BCUT2D eigenvalue weighted by atomic mass is 10.8. The molecule has 0 fully saturated rings. The second-order valence-electron chi connectivity index (χ2n) is 0.621. The van der Waals surface area contributed by atoms with E-state index in [-0.39, 0.29) is 6.61 Å². The normalized spacial score (nSPS) is 9.00. The van der Waals surface area contributed by atoms with Crippen LogP contribution in [0.15, 0.2) is 0 Å². The zero-order chi connectivity index (χ0) is 4.83. The largest absolute Gasteiger partial charge is 0.388 e. The first-order chi connectivity index (χ1) is 2.91. The first kappa shape index (κ1) is 5.88. The Morgan fingerprint density at radius 2 is 2.17 bits per heavy atom. The molecule has 6 heavy (non-hydrogen) atoms. The van der Waals surface area contributed by atoms with Crippen molar-refractivity contribution in [3.63, 3.8) is 0 Å². The minimum Gasteiger partial charge on any atom is -0.388 e. The predicted octanol–water partition coefficient (Wildman–Crippen LogP) is 0.0291. The lowest BCUT2D eigenvalue weighted by Gasteiger charge is -1.88. The fraction of sp³-hybridized carbons (Fsp3) is 0.333. The minimum atomic E-state index is 0.0382. The molecule has 0 atom stereocenters. The molecule has 0 rings (SSSR count). The van der Waals surface area contributed by atoms with Crippen LogP contribution in [0.25, 0.3) is 0 Å². The van der Waals surface area contributed by atoms with Gasteiger partial charge in [-0.15, -0.1) is 0 Å². The molecule has 0 amide bonds. The minimum absolute atomic E-state index is 0.0382. The summed E-state index contributed by atoms with van der Waals surface area (Å²) in [5.74, 6) is 0. The molecule has 3 nitrogen and oxygen atoms in total. The molecule has 0 aromatic heterocycles. The van der Waals surface area contributed by atoms with Crippen molar-refractivity contribution in [2.75, 3.05) is 6.61 Å². The van der Waals surface area contributed by atoms with Gasteiger partial charge in [0, 0.05) is 0 Å². The molecule has 0 aliphatic heterocycles. The van der Waals surface area contributed by atoms with Gasteiger partial charge in [-0.1, -0.05) is 0 Å². The van der Waals surface area contributed by atoms with Crippen LogP contribution in [0.2, 0.25) is 0 Å². The Hall–Kier alpha value is -0.120. The van der Waals surface area contributed by atoms with Crippen LogP contribution in [-0.2, 0) is 4.74 Å². The molecule has 3 heteroatoms. The van der Waals surface area contributed by atoms with Gasteiger partial charge in [-0.2, -0.15) is 0 Å². The van der Waals surface area contributed by atoms with Crippen molar-refractivity contribution in [2.24, 2.45) is 0 Å². The number of aliphatic hydroxyl groups is 2. The number of hydrogen-bond acceptors (Lipinski definition) is 3. The van der Waals surface area contributed by atoms with E-state index in [2.05, 4.69) is 4.74 Å². The zero-order valence-electron chi connectivity index (χ0n) is 3.16. The number of ether oxygens (including phenoxy) is 1. The average Bonchev–Trinajstić information content (AvgIpc) is 1.61. The third-order valence-electron chi connectivity index (χ3n) is 0.245. The second-order valence-corrected chi connectivity index (χ2v) is 0.621. The summed E-state index contributed by atoms with van der Waals surface area (Å²) in [5, 5.41) is 15.5. The Morgan fingerprint density at radius 1 is 1.50 bits per heavy atom. The van der Waals surface area contributed by atoms with E-state index < -0.39 is 0 Å². The quantitative estimate of drug-likeness (QED) is 0.480. The van der Waals surface area contributed by atoms with Crippen LogP contribution in [0, 0.1) is 13.4 Å². The highest BCUT2D eigenvalue weighted by Crippen LogP contribution is 1.73. The molecular formula is C3H6O3. The maximum absolute atomic E-state index is 7.82. The summed E-state index contributed by atoms with van der Waals surface area (Å²) in [6.45, 7) is 1.36. The Labute approximate surface area is 36.2 Å². The molecule has 0 heterocycles. The van der Waals surface area contributed by atoms with Crippen molar-refractivity contribution < 1.29 is 14.9 Å². The van der Waals surface area contributed by atoms with Crippen molar-refractivity contribution in [2.45, 2.75) is 0 Å². The lowest BCUT2D eigenvalue weighted by molar-refractivity contribution is 0.0735. The molecule has 0 aliphatic rings. The summed E-state index contributed by atoms with van der Waals surface area (Å²) in [5.41, 5.74) is 0. The van der Waals surface area contributed by atoms with E-state index >= 15 is 0 Å². The standard InChI is InChI=1S/C3H6O3/c4-1-2-6-3-5/h1,3-5H,2H2. The molecule has 0 aliphatic carbocycles. The van der Waals surface area contributed by atoms with Gasteiger partial charge in [0.25, 0.3) is 0 Å². The van der Waals surface area contributed by atoms with Gasteiger partial charge >= 0.3 is 0 Å². The third kappa shape index (κ3) is 3.88. The van der Waals surface area contributed by atoms with Gasteiger partial charge in [0.2, 0.25) is 6.79 Å². The molecule has 0 spiro atoms. The van der Waals surface area contributed by atoms with E-state index in [1.807, 2.05) is 0 Å². The predicted molar refractivity (Wildman–Crippen MR) is 18.4 cm³/mol. The van der Waals surface area contributed by atoms with Crippen LogP contribution in [0.4, 0.5) is 0 Å². The maximum Gasteiger partial charge on any atom is 0.206 e. The number of aliphatic hydroxyl groups excluding tert-OH is 2. The van der Waals surface area contributed by atoms with Crippen LogP contribution in [0.5, 0.6) is 0 Å². The zero-order valence-corrected chi connectivity index (χ0v) is 3.16. The maximum atomic E-state index is 7.82. The summed E-state index contributed by atoms with van der Waals surface area (Å²) >= 11 is 0. The van der Waals surface area contributed by atoms with Crippen molar-refractivity contribution in [1.29, 1.82) is 0 Å². The molecule has 0 unspecified atom stereocenters. The molecule has 0 aromatic rings. The fourth-order valence-corrected chi connectivity index (χ4v) is 0.0861. The molecule has 0 saturated heterocycles. The monoisotopic (exact) mass is 90.0 g/mol. The Morgan fingerprint density at radius 3 is 2.33 bits per heavy atom. The molecule has 0 aromatic carbocycles. The Bertz CT molecular complexity index is 18.0. The smallest absolute Gasteiger partial charge is 0.206 e. The van der Waals surface area contributed by atoms with Gasteiger partial charge in [0.05, 0.1) is 6.61 Å². The van der Waals surface area contributed by atoms with Crippen molar-refractivity contribution in [1.82, 2.24) is 0 Å². The van der Waals surface area contributed by atoms with Crippen LogP contribution in [0.3, 0.4) is 0 Å². The van der Waals surface area contributed by atoms with Gasteiger partial charge in [-0.3, -0.25) is 0 Å². The second kappa shape index (κ2) is 4.88. The summed E-state index contributed by atoms with van der Waals surface area (Å²) in [6.07, 6.45) is 0. The van der Waals surface area contributed by atoms with E-state index in [1.54, 1.807) is 0 Å². The molecular weight excluding hydrogens is 84.0 g/mol. The molecule has 0 saturated carbocycles. The van der Waals surface area contributed by atoms with Gasteiger partial charge < -0.3 is 14.9 Å². The third-order valence-corrected chi connectivity index (χ3v) is 0.245. The first-order valence-electron chi connectivity index (χ1n) is 1.45. The van der Waals surface area contributed by atoms with Crippen LogP contribution < -0.4 is 0 Å². The number of hydrogen-bond donors (Lipinski definition) is 2. The number of rotatable bonds is 3. The van der Waals surface area contributed by atoms with E-state index in [0.29, 0.717) is 6.79 Å². The Balaban J connectivity index is 2.34. The van der Waals surface area contributed by atoms with Crippen molar-refractivity contribution in [3.8, 4) is 0 Å². The van der Waals surface area contributed by atoms with E-state index in [4.69, 9.17) is 10.2 Å². The Kier molecular flexibility index (Phi) is 4.78. The lowest BCUT2D eigenvalue weighted by Crippen LogP contribution is -1.88. The molecule has 2 radical (unpaired) electrons. The van der Waals surface area contributed by atoms with Gasteiger partial charge in [0.15, 0.2) is 0 Å². The highest BCUT2D eigenvalue weighted by atomic mass is 16.6. The molecule has 36 valence electrons. The van der Waals surface area contributed by atoms with Crippen LogP contribution in [-0.4, -0.2) is 16.8 Å². The summed E-state index contributed by atoms with van der Waals surface area (Å²) < 4.78 is 4.11. The fourth-order valence-electron chi connectivity index (χ4n) is 0.0861. The van der Waals surface area contributed by atoms with E-state index in [9.17, 15) is 0 Å². The van der Waals surface area contributed by atoms with Crippen molar-refractivity contribution in [3.05, 3.63) is 13.4 Å². The summed E-state index contributed by atoms with van der Waals surface area (Å²) in [7, 11) is 0.